The van der Waals surface area contributed by atoms with E-state index in [2.05, 4.69) is 0 Å². The number of rotatable bonds is 2. The normalized spacial score (nSPS) is 11.5. The van der Waals surface area contributed by atoms with Crippen molar-refractivity contribution in [3.05, 3.63) is 59.7 Å². The summed E-state index contributed by atoms with van der Waals surface area (Å²) in [6, 6.07) is 14.9. The van der Waals surface area contributed by atoms with Crippen molar-refractivity contribution in [2.75, 3.05) is 0 Å². The minimum Gasteiger partial charge on any atom is -0.366 e. The molecule has 0 radical (unpaired) electrons. The molecule has 0 aliphatic heterocycles. The van der Waals surface area contributed by atoms with Crippen LogP contribution >= 0.6 is 0 Å². The number of benzene rings is 4. The van der Waals surface area contributed by atoms with Gasteiger partial charge in [0.1, 0.15) is 0 Å². The fourth-order valence-electron chi connectivity index (χ4n) is 3.23. The molecule has 0 unspecified atom stereocenters. The highest BCUT2D eigenvalue weighted by atomic mass is 16.1. The van der Waals surface area contributed by atoms with Gasteiger partial charge in [-0.2, -0.15) is 0 Å². The van der Waals surface area contributed by atoms with Crippen LogP contribution in [0.2, 0.25) is 0 Å². The highest BCUT2D eigenvalue weighted by Crippen LogP contribution is 2.37. The Kier molecular flexibility index (Phi) is 2.39. The number of carbonyl (C=O) groups excluding carboxylic acids is 2. The average molecular weight is 288 g/mol. The van der Waals surface area contributed by atoms with Crippen LogP contribution in [0.15, 0.2) is 48.5 Å². The zero-order valence-corrected chi connectivity index (χ0v) is 11.6. The first kappa shape index (κ1) is 12.6. The van der Waals surface area contributed by atoms with Crippen LogP contribution in [0.4, 0.5) is 0 Å². The molecule has 106 valence electrons. The van der Waals surface area contributed by atoms with E-state index in [0.29, 0.717) is 11.1 Å². The molecule has 4 heteroatoms. The van der Waals surface area contributed by atoms with E-state index in [0.717, 1.165) is 32.3 Å². The molecule has 0 fully saturated rings. The maximum atomic E-state index is 11.7. The zero-order chi connectivity index (χ0) is 15.4. The Bertz CT molecular complexity index is 995. The minimum absolute atomic E-state index is 0.465. The quantitative estimate of drug-likeness (QED) is 0.556. The summed E-state index contributed by atoms with van der Waals surface area (Å²) < 4.78 is 0. The van der Waals surface area contributed by atoms with Gasteiger partial charge >= 0.3 is 0 Å². The summed E-state index contributed by atoms with van der Waals surface area (Å²) in [5.74, 6) is -0.930. The SMILES string of the molecule is NC(=O)c1ccc2ccc3c(C(N)=O)ccc4ccc1c2c43. The van der Waals surface area contributed by atoms with Crippen LogP contribution in [0.1, 0.15) is 20.7 Å². The summed E-state index contributed by atoms with van der Waals surface area (Å²) in [6.07, 6.45) is 0. The van der Waals surface area contributed by atoms with Gasteiger partial charge in [-0.05, 0) is 44.5 Å². The van der Waals surface area contributed by atoms with Crippen LogP contribution in [0.3, 0.4) is 0 Å². The summed E-state index contributed by atoms with van der Waals surface area (Å²) >= 11 is 0. The van der Waals surface area contributed by atoms with E-state index < -0.39 is 11.8 Å². The average Bonchev–Trinajstić information content (AvgIpc) is 2.51. The Balaban J connectivity index is 2.33. The van der Waals surface area contributed by atoms with E-state index in [4.69, 9.17) is 11.5 Å². The predicted octanol–water partition coefficient (Wildman–Crippen LogP) is 2.78. The highest BCUT2D eigenvalue weighted by Gasteiger charge is 2.16. The lowest BCUT2D eigenvalue weighted by Crippen LogP contribution is -2.12. The van der Waals surface area contributed by atoms with Gasteiger partial charge in [-0.1, -0.05) is 36.4 Å². The molecule has 0 aliphatic rings. The summed E-state index contributed by atoms with van der Waals surface area (Å²) in [5, 5.41) is 5.47. The lowest BCUT2D eigenvalue weighted by Gasteiger charge is -2.14. The zero-order valence-electron chi connectivity index (χ0n) is 11.6. The number of nitrogens with two attached hydrogens (primary N) is 2. The summed E-state index contributed by atoms with van der Waals surface area (Å²) in [7, 11) is 0. The molecule has 0 atom stereocenters. The van der Waals surface area contributed by atoms with E-state index in [1.165, 1.54) is 0 Å². The predicted molar refractivity (Wildman–Crippen MR) is 87.2 cm³/mol. The van der Waals surface area contributed by atoms with Crippen molar-refractivity contribution in [2.45, 2.75) is 0 Å². The van der Waals surface area contributed by atoms with E-state index >= 15 is 0 Å². The number of primary amides is 2. The second kappa shape index (κ2) is 4.18. The van der Waals surface area contributed by atoms with Gasteiger partial charge < -0.3 is 11.5 Å². The smallest absolute Gasteiger partial charge is 0.249 e. The van der Waals surface area contributed by atoms with Crippen molar-refractivity contribution in [3.8, 4) is 0 Å². The first-order valence-electron chi connectivity index (χ1n) is 6.88. The molecule has 0 saturated heterocycles. The van der Waals surface area contributed by atoms with Gasteiger partial charge in [-0.3, -0.25) is 9.59 Å². The standard InChI is InChI=1S/C18H12N2O2/c19-17(21)13-8-4-10-2-6-12-14(18(20)22)7-3-9-1-5-11(13)16(10)15(9)12/h1-8H,(H2,19,21)(H2,20,22). The molecule has 0 spiro atoms. The van der Waals surface area contributed by atoms with Gasteiger partial charge in [0.2, 0.25) is 11.8 Å². The number of hydrogen-bond acceptors (Lipinski definition) is 2. The van der Waals surface area contributed by atoms with Crippen molar-refractivity contribution in [3.63, 3.8) is 0 Å². The fraction of sp³-hybridized carbons (Fsp3) is 0. The Morgan fingerprint density at radius 3 is 1.32 bits per heavy atom. The van der Waals surface area contributed by atoms with Gasteiger partial charge in [-0.25, -0.2) is 0 Å². The molecular weight excluding hydrogens is 276 g/mol. The molecule has 4 nitrogen and oxygen atoms in total. The van der Waals surface area contributed by atoms with Gasteiger partial charge in [-0.15, -0.1) is 0 Å². The van der Waals surface area contributed by atoms with Crippen LogP contribution < -0.4 is 11.5 Å². The summed E-state index contributed by atoms with van der Waals surface area (Å²) in [6.45, 7) is 0. The van der Waals surface area contributed by atoms with Gasteiger partial charge in [0, 0.05) is 11.1 Å². The van der Waals surface area contributed by atoms with Gasteiger partial charge in [0.25, 0.3) is 0 Å². The Morgan fingerprint density at radius 2 is 0.955 bits per heavy atom. The molecule has 4 aromatic rings. The van der Waals surface area contributed by atoms with Crippen molar-refractivity contribution in [1.29, 1.82) is 0 Å². The van der Waals surface area contributed by atoms with E-state index in [-0.39, 0.29) is 0 Å². The fourth-order valence-corrected chi connectivity index (χ4v) is 3.23. The maximum Gasteiger partial charge on any atom is 0.249 e. The molecule has 4 rings (SSSR count). The van der Waals surface area contributed by atoms with Crippen LogP contribution in [-0.2, 0) is 0 Å². The lowest BCUT2D eigenvalue weighted by atomic mass is 9.90. The number of amides is 2. The van der Waals surface area contributed by atoms with Gasteiger partial charge in [0.15, 0.2) is 0 Å². The second-order valence-corrected chi connectivity index (χ2v) is 5.38. The van der Waals surface area contributed by atoms with Crippen molar-refractivity contribution < 1.29 is 9.59 Å². The molecule has 0 aromatic heterocycles. The Labute approximate surface area is 125 Å². The van der Waals surface area contributed by atoms with Crippen molar-refractivity contribution in [1.82, 2.24) is 0 Å². The summed E-state index contributed by atoms with van der Waals surface area (Å²) in [5.41, 5.74) is 11.9. The molecule has 22 heavy (non-hydrogen) atoms. The molecular formula is C18H12N2O2. The van der Waals surface area contributed by atoms with E-state index in [9.17, 15) is 9.59 Å². The summed E-state index contributed by atoms with van der Waals surface area (Å²) in [4.78, 5) is 23.3. The molecule has 0 bridgehead atoms. The molecule has 4 aromatic carbocycles. The minimum atomic E-state index is -0.465. The molecule has 4 N–H and O–H groups in total. The number of hydrogen-bond donors (Lipinski definition) is 2. The lowest BCUT2D eigenvalue weighted by molar-refractivity contribution is 0.0993. The third kappa shape index (κ3) is 1.52. The third-order valence-electron chi connectivity index (χ3n) is 4.20. The molecule has 2 amide bonds. The maximum absolute atomic E-state index is 11.7. The molecule has 0 saturated carbocycles. The first-order valence-corrected chi connectivity index (χ1v) is 6.88. The van der Waals surface area contributed by atoms with Crippen LogP contribution in [0.25, 0.3) is 32.3 Å². The van der Waals surface area contributed by atoms with Crippen molar-refractivity contribution >= 4 is 44.1 Å². The van der Waals surface area contributed by atoms with Gasteiger partial charge in [0.05, 0.1) is 0 Å². The topological polar surface area (TPSA) is 86.2 Å². The largest absolute Gasteiger partial charge is 0.366 e. The van der Waals surface area contributed by atoms with E-state index in [1.54, 1.807) is 12.1 Å². The van der Waals surface area contributed by atoms with Crippen LogP contribution in [0, 0.1) is 0 Å². The monoisotopic (exact) mass is 288 g/mol. The molecule has 0 aliphatic carbocycles. The third-order valence-corrected chi connectivity index (χ3v) is 4.20. The first-order chi connectivity index (χ1) is 10.6. The van der Waals surface area contributed by atoms with E-state index in [1.807, 2.05) is 36.4 Å². The second-order valence-electron chi connectivity index (χ2n) is 5.38. The highest BCUT2D eigenvalue weighted by molar-refractivity contribution is 6.28. The van der Waals surface area contributed by atoms with Crippen LogP contribution in [-0.4, -0.2) is 11.8 Å². The Hall–Kier alpha value is -3.14. The molecule has 0 heterocycles. The van der Waals surface area contributed by atoms with Crippen LogP contribution in [0.5, 0.6) is 0 Å². The van der Waals surface area contributed by atoms with Crippen molar-refractivity contribution in [2.24, 2.45) is 11.5 Å². The Morgan fingerprint density at radius 1 is 0.591 bits per heavy atom. The number of carbonyl (C=O) groups is 2.